The van der Waals surface area contributed by atoms with Gasteiger partial charge in [0.15, 0.2) is 0 Å². The highest BCUT2D eigenvalue weighted by molar-refractivity contribution is 5.35. The average Bonchev–Trinajstić information content (AvgIpc) is 2.45. The molecule has 0 amide bonds. The largest absolute Gasteiger partial charge is 0.307 e. The van der Waals surface area contributed by atoms with Crippen molar-refractivity contribution >= 4 is 0 Å². The second-order valence-electron chi connectivity index (χ2n) is 5.73. The summed E-state index contributed by atoms with van der Waals surface area (Å²) >= 11 is 0. The summed E-state index contributed by atoms with van der Waals surface area (Å²) < 4.78 is 0. The number of nitrogens with one attached hydrogen (secondary N) is 1. The first-order chi connectivity index (χ1) is 9.61. The van der Waals surface area contributed by atoms with Gasteiger partial charge in [-0.1, -0.05) is 74.9 Å². The first-order valence-corrected chi connectivity index (χ1v) is 7.51. The van der Waals surface area contributed by atoms with Crippen molar-refractivity contribution in [2.75, 3.05) is 6.54 Å². The zero-order chi connectivity index (χ0) is 14.5. The molecule has 20 heavy (non-hydrogen) atoms. The van der Waals surface area contributed by atoms with Crippen LogP contribution in [0.15, 0.2) is 48.5 Å². The van der Waals surface area contributed by atoms with Gasteiger partial charge in [0.2, 0.25) is 0 Å². The monoisotopic (exact) mass is 267 g/mol. The Hall–Kier alpha value is -1.60. The van der Waals surface area contributed by atoms with Gasteiger partial charge in [0.1, 0.15) is 0 Å². The van der Waals surface area contributed by atoms with Crippen molar-refractivity contribution in [1.29, 1.82) is 0 Å². The number of rotatable bonds is 5. The lowest BCUT2D eigenvalue weighted by Gasteiger charge is -2.20. The summed E-state index contributed by atoms with van der Waals surface area (Å²) in [6.07, 6.45) is 0. The van der Waals surface area contributed by atoms with Crippen molar-refractivity contribution in [3.8, 4) is 0 Å². The first kappa shape index (κ1) is 14.8. The van der Waals surface area contributed by atoms with Gasteiger partial charge in [0.05, 0.1) is 6.04 Å². The molecule has 0 saturated carbocycles. The molecule has 0 aliphatic rings. The Morgan fingerprint density at radius 1 is 0.900 bits per heavy atom. The van der Waals surface area contributed by atoms with Crippen molar-refractivity contribution < 1.29 is 0 Å². The minimum Gasteiger partial charge on any atom is -0.307 e. The summed E-state index contributed by atoms with van der Waals surface area (Å²) in [7, 11) is 0. The van der Waals surface area contributed by atoms with E-state index < -0.39 is 0 Å². The van der Waals surface area contributed by atoms with E-state index in [9.17, 15) is 0 Å². The highest BCUT2D eigenvalue weighted by Crippen LogP contribution is 2.24. The molecule has 2 aromatic carbocycles. The van der Waals surface area contributed by atoms with E-state index >= 15 is 0 Å². The zero-order valence-electron chi connectivity index (χ0n) is 13.0. The van der Waals surface area contributed by atoms with Crippen LogP contribution in [0.3, 0.4) is 0 Å². The van der Waals surface area contributed by atoms with Gasteiger partial charge >= 0.3 is 0 Å². The van der Waals surface area contributed by atoms with Crippen LogP contribution in [0.4, 0.5) is 0 Å². The van der Waals surface area contributed by atoms with E-state index in [1.165, 1.54) is 22.3 Å². The van der Waals surface area contributed by atoms with Gasteiger partial charge < -0.3 is 5.32 Å². The lowest BCUT2D eigenvalue weighted by Crippen LogP contribution is -2.22. The van der Waals surface area contributed by atoms with Gasteiger partial charge in [-0.3, -0.25) is 0 Å². The third kappa shape index (κ3) is 3.49. The first-order valence-electron chi connectivity index (χ1n) is 7.51. The van der Waals surface area contributed by atoms with Crippen LogP contribution in [0.5, 0.6) is 0 Å². The molecule has 1 unspecified atom stereocenters. The molecule has 1 atom stereocenters. The molecule has 0 aliphatic carbocycles. The smallest absolute Gasteiger partial charge is 0.0576 e. The van der Waals surface area contributed by atoms with Gasteiger partial charge in [0.25, 0.3) is 0 Å². The molecular formula is C19H25N. The lowest BCUT2D eigenvalue weighted by molar-refractivity contribution is 0.630. The van der Waals surface area contributed by atoms with E-state index in [1.54, 1.807) is 0 Å². The van der Waals surface area contributed by atoms with E-state index in [2.05, 4.69) is 81.5 Å². The molecule has 2 aromatic rings. The Morgan fingerprint density at radius 2 is 1.55 bits per heavy atom. The van der Waals surface area contributed by atoms with Crippen molar-refractivity contribution in [2.45, 2.75) is 39.7 Å². The molecule has 0 aliphatic heterocycles. The van der Waals surface area contributed by atoms with Crippen LogP contribution in [0.25, 0.3) is 0 Å². The maximum absolute atomic E-state index is 3.59. The molecule has 1 N–H and O–H groups in total. The maximum Gasteiger partial charge on any atom is 0.0576 e. The van der Waals surface area contributed by atoms with Crippen LogP contribution < -0.4 is 5.32 Å². The second kappa shape index (κ2) is 6.71. The Morgan fingerprint density at radius 3 is 2.10 bits per heavy atom. The van der Waals surface area contributed by atoms with Crippen molar-refractivity contribution in [2.24, 2.45) is 0 Å². The molecule has 106 valence electrons. The van der Waals surface area contributed by atoms with Crippen LogP contribution in [0.2, 0.25) is 0 Å². The lowest BCUT2D eigenvalue weighted by atomic mass is 9.94. The average molecular weight is 267 g/mol. The van der Waals surface area contributed by atoms with E-state index in [0.29, 0.717) is 5.92 Å². The van der Waals surface area contributed by atoms with Gasteiger partial charge in [0, 0.05) is 0 Å². The Balaban J connectivity index is 2.33. The fraction of sp³-hybridized carbons (Fsp3) is 0.368. The third-order valence-electron chi connectivity index (χ3n) is 3.72. The van der Waals surface area contributed by atoms with Gasteiger partial charge in [-0.2, -0.15) is 0 Å². The Kier molecular flexibility index (Phi) is 4.97. The molecule has 0 spiro atoms. The molecule has 0 fully saturated rings. The predicted molar refractivity (Wildman–Crippen MR) is 87.2 cm³/mol. The van der Waals surface area contributed by atoms with Crippen molar-refractivity contribution in [1.82, 2.24) is 5.32 Å². The second-order valence-corrected chi connectivity index (χ2v) is 5.73. The number of hydrogen-bond acceptors (Lipinski definition) is 1. The molecule has 0 saturated heterocycles. The molecule has 2 rings (SSSR count). The van der Waals surface area contributed by atoms with Crippen LogP contribution >= 0.6 is 0 Å². The third-order valence-corrected chi connectivity index (χ3v) is 3.72. The highest BCUT2D eigenvalue weighted by Gasteiger charge is 2.13. The van der Waals surface area contributed by atoms with E-state index in [1.807, 2.05) is 0 Å². The van der Waals surface area contributed by atoms with E-state index in [-0.39, 0.29) is 6.04 Å². The van der Waals surface area contributed by atoms with Crippen LogP contribution in [0.1, 0.15) is 55.0 Å². The van der Waals surface area contributed by atoms with E-state index in [0.717, 1.165) is 6.54 Å². The standard InChI is InChI=1S/C19H25N/c1-5-20-19(18-8-6-7-15(4)13-18)17-11-9-16(10-12-17)14(2)3/h6-14,19-20H,5H2,1-4H3. The van der Waals surface area contributed by atoms with Crippen LogP contribution in [0, 0.1) is 6.92 Å². The number of aryl methyl sites for hydroxylation is 1. The van der Waals surface area contributed by atoms with Gasteiger partial charge in [-0.25, -0.2) is 0 Å². The molecule has 0 bridgehead atoms. The quantitative estimate of drug-likeness (QED) is 0.819. The molecule has 0 heterocycles. The van der Waals surface area contributed by atoms with Gasteiger partial charge in [-0.05, 0) is 36.1 Å². The number of hydrogen-bond donors (Lipinski definition) is 1. The fourth-order valence-electron chi connectivity index (χ4n) is 2.56. The van der Waals surface area contributed by atoms with Crippen molar-refractivity contribution in [3.05, 3.63) is 70.8 Å². The summed E-state index contributed by atoms with van der Waals surface area (Å²) in [5, 5.41) is 3.59. The minimum absolute atomic E-state index is 0.279. The molecule has 1 nitrogen and oxygen atoms in total. The van der Waals surface area contributed by atoms with Crippen LogP contribution in [-0.4, -0.2) is 6.54 Å². The summed E-state index contributed by atoms with van der Waals surface area (Å²) in [5.41, 5.74) is 5.38. The number of benzene rings is 2. The summed E-state index contributed by atoms with van der Waals surface area (Å²) in [4.78, 5) is 0. The minimum atomic E-state index is 0.279. The van der Waals surface area contributed by atoms with Crippen LogP contribution in [-0.2, 0) is 0 Å². The van der Waals surface area contributed by atoms with Crippen molar-refractivity contribution in [3.63, 3.8) is 0 Å². The Labute approximate surface area is 123 Å². The van der Waals surface area contributed by atoms with E-state index in [4.69, 9.17) is 0 Å². The summed E-state index contributed by atoms with van der Waals surface area (Å²) in [6.45, 7) is 9.73. The molecule has 1 heteroatoms. The highest BCUT2D eigenvalue weighted by atomic mass is 14.9. The fourth-order valence-corrected chi connectivity index (χ4v) is 2.56. The topological polar surface area (TPSA) is 12.0 Å². The normalized spacial score (nSPS) is 12.7. The summed E-state index contributed by atoms with van der Waals surface area (Å²) in [6, 6.07) is 18.0. The predicted octanol–water partition coefficient (Wildman–Crippen LogP) is 4.82. The van der Waals surface area contributed by atoms with Gasteiger partial charge in [-0.15, -0.1) is 0 Å². The molecular weight excluding hydrogens is 242 g/mol. The maximum atomic E-state index is 3.59. The molecule has 0 aromatic heterocycles. The Bertz CT molecular complexity index is 540. The molecule has 0 radical (unpaired) electrons. The zero-order valence-corrected chi connectivity index (χ0v) is 13.0. The summed E-state index contributed by atoms with van der Waals surface area (Å²) in [5.74, 6) is 0.584. The SMILES string of the molecule is CCNC(c1ccc(C(C)C)cc1)c1cccc(C)c1.